The highest BCUT2D eigenvalue weighted by Gasteiger charge is 2.18. The first-order valence-corrected chi connectivity index (χ1v) is 7.82. The second-order valence-corrected chi connectivity index (χ2v) is 6.01. The summed E-state index contributed by atoms with van der Waals surface area (Å²) in [5, 5.41) is 2.23. The summed E-state index contributed by atoms with van der Waals surface area (Å²) in [7, 11) is 1.89. The summed E-state index contributed by atoms with van der Waals surface area (Å²) in [5.41, 5.74) is 0.759. The summed E-state index contributed by atoms with van der Waals surface area (Å²) in [6, 6.07) is 12.3. The number of hydrogen-bond acceptors (Lipinski definition) is 1. The molecule has 0 atom stereocenters. The Bertz CT molecular complexity index is 619. The third kappa shape index (κ3) is 3.04. The van der Waals surface area contributed by atoms with Gasteiger partial charge in [-0.15, -0.1) is 0 Å². The first kappa shape index (κ1) is 15.0. The normalized spacial score (nSPS) is 11.1. The quantitative estimate of drug-likeness (QED) is 0.782. The lowest BCUT2D eigenvalue weighted by Gasteiger charge is -2.26. The van der Waals surface area contributed by atoms with E-state index in [9.17, 15) is 4.79 Å². The molecule has 0 radical (unpaired) electrons. The van der Waals surface area contributed by atoms with Gasteiger partial charge in [-0.3, -0.25) is 4.79 Å². The van der Waals surface area contributed by atoms with Crippen LogP contribution in [0.2, 0.25) is 0 Å². The van der Waals surface area contributed by atoms with E-state index in [4.69, 9.17) is 0 Å². The molecule has 106 valence electrons. The molecule has 0 N–H and O–H groups in total. The van der Waals surface area contributed by atoms with Crippen molar-refractivity contribution >= 4 is 32.6 Å². The van der Waals surface area contributed by atoms with Crippen molar-refractivity contribution in [2.75, 3.05) is 7.05 Å². The summed E-state index contributed by atoms with van der Waals surface area (Å²) in [5.74, 6) is 0.100. The lowest BCUT2D eigenvalue weighted by Crippen LogP contribution is -2.36. The molecule has 2 nitrogen and oxygen atoms in total. The van der Waals surface area contributed by atoms with Crippen molar-refractivity contribution < 1.29 is 4.79 Å². The van der Waals surface area contributed by atoms with Gasteiger partial charge in [0.25, 0.3) is 5.91 Å². The lowest BCUT2D eigenvalue weighted by molar-refractivity contribution is 0.0724. The predicted octanol–water partition coefficient (Wildman–Crippen LogP) is 4.86. The minimum Gasteiger partial charge on any atom is -0.339 e. The SMILES string of the molecule is CCC(CC)N(C)C(=O)c1ccc2cc(Br)ccc2c1. The molecule has 2 aromatic rings. The molecule has 0 heterocycles. The van der Waals surface area contributed by atoms with E-state index in [1.807, 2.05) is 42.3 Å². The van der Waals surface area contributed by atoms with Gasteiger partial charge in [-0.25, -0.2) is 0 Å². The van der Waals surface area contributed by atoms with Crippen LogP contribution in [0.5, 0.6) is 0 Å². The number of fused-ring (bicyclic) bond motifs is 1. The molecule has 2 rings (SSSR count). The fourth-order valence-corrected chi connectivity index (χ4v) is 2.93. The molecule has 2 aromatic carbocycles. The summed E-state index contributed by atoms with van der Waals surface area (Å²) in [6.45, 7) is 4.24. The number of nitrogens with zero attached hydrogens (tertiary/aromatic N) is 1. The number of carbonyl (C=O) groups excluding carboxylic acids is 1. The highest BCUT2D eigenvalue weighted by Crippen LogP contribution is 2.22. The van der Waals surface area contributed by atoms with Crippen molar-refractivity contribution in [2.24, 2.45) is 0 Å². The molecule has 3 heteroatoms. The number of amides is 1. The molecule has 0 fully saturated rings. The Balaban J connectivity index is 2.33. The van der Waals surface area contributed by atoms with Gasteiger partial charge in [0, 0.05) is 23.1 Å². The number of halogens is 1. The zero-order valence-electron chi connectivity index (χ0n) is 12.2. The Labute approximate surface area is 128 Å². The third-order valence-electron chi connectivity index (χ3n) is 3.86. The van der Waals surface area contributed by atoms with Crippen molar-refractivity contribution in [3.8, 4) is 0 Å². The fourth-order valence-electron chi connectivity index (χ4n) is 2.56. The van der Waals surface area contributed by atoms with E-state index in [-0.39, 0.29) is 5.91 Å². The minimum atomic E-state index is 0.100. The Morgan fingerprint density at radius 2 is 1.70 bits per heavy atom. The molecular weight excluding hydrogens is 314 g/mol. The molecule has 0 unspecified atom stereocenters. The molecule has 0 aliphatic carbocycles. The smallest absolute Gasteiger partial charge is 0.253 e. The Kier molecular flexibility index (Phi) is 4.81. The molecule has 1 amide bonds. The van der Waals surface area contributed by atoms with Crippen LogP contribution < -0.4 is 0 Å². The Morgan fingerprint density at radius 3 is 2.35 bits per heavy atom. The van der Waals surface area contributed by atoms with Gasteiger partial charge >= 0.3 is 0 Å². The number of carbonyl (C=O) groups is 1. The van der Waals surface area contributed by atoms with E-state index in [1.165, 1.54) is 0 Å². The topological polar surface area (TPSA) is 20.3 Å². The van der Waals surface area contributed by atoms with Crippen molar-refractivity contribution in [3.05, 3.63) is 46.4 Å². The molecule has 0 aromatic heterocycles. The van der Waals surface area contributed by atoms with Crippen molar-refractivity contribution in [2.45, 2.75) is 32.7 Å². The summed E-state index contributed by atoms with van der Waals surface area (Å²) in [6.07, 6.45) is 1.97. The van der Waals surface area contributed by atoms with E-state index < -0.39 is 0 Å². The molecule has 0 spiro atoms. The van der Waals surface area contributed by atoms with Crippen LogP contribution in [0.1, 0.15) is 37.0 Å². The molecule has 20 heavy (non-hydrogen) atoms. The van der Waals surface area contributed by atoms with Gasteiger partial charge in [0.05, 0.1) is 0 Å². The minimum absolute atomic E-state index is 0.100. The van der Waals surface area contributed by atoms with Crippen LogP contribution in [-0.4, -0.2) is 23.9 Å². The van der Waals surface area contributed by atoms with E-state index in [0.29, 0.717) is 6.04 Å². The van der Waals surface area contributed by atoms with Crippen molar-refractivity contribution in [1.82, 2.24) is 4.90 Å². The molecule has 0 saturated heterocycles. The number of rotatable bonds is 4. The number of benzene rings is 2. The monoisotopic (exact) mass is 333 g/mol. The van der Waals surface area contributed by atoms with E-state index >= 15 is 0 Å². The van der Waals surface area contributed by atoms with Crippen LogP contribution in [0.3, 0.4) is 0 Å². The Morgan fingerprint density at radius 1 is 1.10 bits per heavy atom. The molecule has 0 saturated carbocycles. The fraction of sp³-hybridized carbons (Fsp3) is 0.353. The van der Waals surface area contributed by atoms with Crippen LogP contribution in [-0.2, 0) is 0 Å². The van der Waals surface area contributed by atoms with E-state index in [2.05, 4.69) is 35.8 Å². The van der Waals surface area contributed by atoms with Crippen LogP contribution >= 0.6 is 15.9 Å². The van der Waals surface area contributed by atoms with Gasteiger partial charge in [0.1, 0.15) is 0 Å². The zero-order valence-corrected chi connectivity index (χ0v) is 13.8. The first-order valence-electron chi connectivity index (χ1n) is 7.03. The average Bonchev–Trinajstić information content (AvgIpc) is 2.47. The second kappa shape index (κ2) is 6.40. The highest BCUT2D eigenvalue weighted by atomic mass is 79.9. The molecule has 0 bridgehead atoms. The maximum Gasteiger partial charge on any atom is 0.253 e. The van der Waals surface area contributed by atoms with Crippen molar-refractivity contribution in [1.29, 1.82) is 0 Å². The highest BCUT2D eigenvalue weighted by molar-refractivity contribution is 9.10. The van der Waals surface area contributed by atoms with Gasteiger partial charge in [-0.2, -0.15) is 0 Å². The van der Waals surface area contributed by atoms with Gasteiger partial charge in [0.2, 0.25) is 0 Å². The predicted molar refractivity (Wildman–Crippen MR) is 88.1 cm³/mol. The summed E-state index contributed by atoms with van der Waals surface area (Å²) >= 11 is 3.47. The summed E-state index contributed by atoms with van der Waals surface area (Å²) < 4.78 is 1.05. The molecule has 0 aliphatic rings. The molecular formula is C17H20BrNO. The maximum absolute atomic E-state index is 12.5. The standard InChI is InChI=1S/C17H20BrNO/c1-4-16(5-2)19(3)17(20)14-7-6-13-11-15(18)9-8-12(13)10-14/h6-11,16H,4-5H2,1-3H3. The van der Waals surface area contributed by atoms with E-state index in [1.54, 1.807) is 0 Å². The van der Waals surface area contributed by atoms with Crippen molar-refractivity contribution in [3.63, 3.8) is 0 Å². The first-order chi connectivity index (χ1) is 9.56. The van der Waals surface area contributed by atoms with Crippen LogP contribution in [0.15, 0.2) is 40.9 Å². The maximum atomic E-state index is 12.5. The van der Waals surface area contributed by atoms with Gasteiger partial charge in [-0.05, 0) is 47.9 Å². The molecule has 0 aliphatic heterocycles. The number of hydrogen-bond donors (Lipinski definition) is 0. The van der Waals surface area contributed by atoms with Gasteiger partial charge in [-0.1, -0.05) is 41.9 Å². The van der Waals surface area contributed by atoms with Crippen LogP contribution in [0, 0.1) is 0 Å². The van der Waals surface area contributed by atoms with Crippen LogP contribution in [0.25, 0.3) is 10.8 Å². The zero-order chi connectivity index (χ0) is 14.7. The summed E-state index contributed by atoms with van der Waals surface area (Å²) in [4.78, 5) is 14.4. The van der Waals surface area contributed by atoms with Gasteiger partial charge < -0.3 is 4.90 Å². The largest absolute Gasteiger partial charge is 0.339 e. The third-order valence-corrected chi connectivity index (χ3v) is 4.35. The van der Waals surface area contributed by atoms with E-state index in [0.717, 1.165) is 33.7 Å². The average molecular weight is 334 g/mol. The second-order valence-electron chi connectivity index (χ2n) is 5.09. The lowest BCUT2D eigenvalue weighted by atomic mass is 10.0. The Hall–Kier alpha value is -1.35. The van der Waals surface area contributed by atoms with Gasteiger partial charge in [0.15, 0.2) is 0 Å². The van der Waals surface area contributed by atoms with Crippen LogP contribution in [0.4, 0.5) is 0 Å².